The second kappa shape index (κ2) is 4.30. The van der Waals surface area contributed by atoms with Crippen LogP contribution in [0.15, 0.2) is 31.0 Å². The lowest BCUT2D eigenvalue weighted by molar-refractivity contribution is 0.102. The third-order valence-electron chi connectivity index (χ3n) is 1.73. The molecule has 7 nitrogen and oxygen atoms in total. The third kappa shape index (κ3) is 2.27. The number of rotatable bonds is 2. The quantitative estimate of drug-likeness (QED) is 0.737. The number of anilines is 2. The minimum absolute atomic E-state index is 0.0527. The van der Waals surface area contributed by atoms with Crippen LogP contribution in [0.4, 0.5) is 11.6 Å². The van der Waals surface area contributed by atoms with Crippen molar-refractivity contribution in [3.8, 4) is 0 Å². The van der Waals surface area contributed by atoms with Gasteiger partial charge in [0, 0.05) is 6.20 Å². The van der Waals surface area contributed by atoms with Crippen LogP contribution in [-0.4, -0.2) is 25.8 Å². The first-order valence-corrected chi connectivity index (χ1v) is 4.40. The normalized spacial score (nSPS) is 9.75. The molecule has 80 valence electrons. The Morgan fingerprint density at radius 1 is 1.31 bits per heavy atom. The van der Waals surface area contributed by atoms with E-state index in [9.17, 15) is 4.79 Å². The number of nitrogens with two attached hydrogens (primary N) is 1. The number of nitrogens with zero attached hydrogens (tertiary/aromatic N) is 4. The van der Waals surface area contributed by atoms with Crippen molar-refractivity contribution in [3.63, 3.8) is 0 Å². The Labute approximate surface area is 90.8 Å². The highest BCUT2D eigenvalue weighted by Gasteiger charge is 2.08. The summed E-state index contributed by atoms with van der Waals surface area (Å²) in [5.74, 6) is -0.333. The summed E-state index contributed by atoms with van der Waals surface area (Å²) >= 11 is 0. The van der Waals surface area contributed by atoms with Gasteiger partial charge in [0.1, 0.15) is 12.0 Å². The monoisotopic (exact) mass is 216 g/mol. The first-order chi connectivity index (χ1) is 7.75. The fraction of sp³-hybridized carbons (Fsp3) is 0. The van der Waals surface area contributed by atoms with Gasteiger partial charge in [-0.25, -0.2) is 19.9 Å². The number of amides is 1. The van der Waals surface area contributed by atoms with Crippen LogP contribution in [0.2, 0.25) is 0 Å². The lowest BCUT2D eigenvalue weighted by Gasteiger charge is -2.03. The Hall–Kier alpha value is -2.57. The van der Waals surface area contributed by atoms with Gasteiger partial charge in [-0.1, -0.05) is 0 Å². The third-order valence-corrected chi connectivity index (χ3v) is 1.73. The summed E-state index contributed by atoms with van der Waals surface area (Å²) in [6.45, 7) is 0. The maximum absolute atomic E-state index is 11.7. The van der Waals surface area contributed by atoms with Crippen LogP contribution in [0.5, 0.6) is 0 Å². The molecular formula is C9H8N6O. The molecule has 0 fully saturated rings. The van der Waals surface area contributed by atoms with Crippen LogP contribution < -0.4 is 11.1 Å². The van der Waals surface area contributed by atoms with Gasteiger partial charge >= 0.3 is 0 Å². The van der Waals surface area contributed by atoms with Crippen LogP contribution in [-0.2, 0) is 0 Å². The largest absolute Gasteiger partial charge is 0.368 e. The number of carbonyl (C=O) groups excluding carboxylic acids is 1. The zero-order valence-electron chi connectivity index (χ0n) is 8.16. The molecule has 0 aromatic carbocycles. The molecule has 2 rings (SSSR count). The van der Waals surface area contributed by atoms with Gasteiger partial charge in [-0.2, -0.15) is 0 Å². The van der Waals surface area contributed by atoms with E-state index in [0.717, 1.165) is 0 Å². The summed E-state index contributed by atoms with van der Waals surface area (Å²) in [5.41, 5.74) is 6.04. The Bertz CT molecular complexity index is 500. The van der Waals surface area contributed by atoms with Gasteiger partial charge in [0.2, 0.25) is 5.95 Å². The van der Waals surface area contributed by atoms with E-state index < -0.39 is 0 Å². The maximum Gasteiger partial charge on any atom is 0.274 e. The molecule has 2 aromatic rings. The summed E-state index contributed by atoms with van der Waals surface area (Å²) < 4.78 is 0. The van der Waals surface area contributed by atoms with Crippen molar-refractivity contribution in [2.75, 3.05) is 11.1 Å². The molecule has 0 aliphatic carbocycles. The molecule has 0 bridgehead atoms. The maximum atomic E-state index is 11.7. The van der Waals surface area contributed by atoms with Gasteiger partial charge in [0.25, 0.3) is 5.91 Å². The van der Waals surface area contributed by atoms with Gasteiger partial charge in [0.15, 0.2) is 0 Å². The molecule has 0 aliphatic rings. The van der Waals surface area contributed by atoms with Crippen LogP contribution in [0, 0.1) is 0 Å². The average molecular weight is 216 g/mol. The predicted octanol–water partition coefficient (Wildman–Crippen LogP) is 0.101. The number of hydrogen-bond acceptors (Lipinski definition) is 6. The summed E-state index contributed by atoms with van der Waals surface area (Å²) in [7, 11) is 0. The topological polar surface area (TPSA) is 107 Å². The number of aromatic nitrogens is 4. The fourth-order valence-electron chi connectivity index (χ4n) is 1.06. The molecule has 1 amide bonds. The molecule has 3 N–H and O–H groups in total. The summed E-state index contributed by atoms with van der Waals surface area (Å²) in [6.07, 6.45) is 5.75. The Morgan fingerprint density at radius 3 is 2.75 bits per heavy atom. The van der Waals surface area contributed by atoms with E-state index >= 15 is 0 Å². The Kier molecular flexibility index (Phi) is 2.68. The van der Waals surface area contributed by atoms with Crippen molar-refractivity contribution < 1.29 is 4.79 Å². The lowest BCUT2D eigenvalue weighted by atomic mass is 10.3. The van der Waals surface area contributed by atoms with Gasteiger partial charge in [-0.3, -0.25) is 4.79 Å². The molecule has 0 atom stereocenters. The van der Waals surface area contributed by atoms with Gasteiger partial charge in [-0.15, -0.1) is 0 Å². The molecule has 7 heteroatoms. The van der Waals surface area contributed by atoms with E-state index in [-0.39, 0.29) is 17.5 Å². The number of nitrogens with one attached hydrogen (secondary N) is 1. The molecule has 16 heavy (non-hydrogen) atoms. The van der Waals surface area contributed by atoms with Crippen LogP contribution >= 0.6 is 0 Å². The van der Waals surface area contributed by atoms with E-state index in [1.54, 1.807) is 0 Å². The molecule has 0 aliphatic heterocycles. The minimum Gasteiger partial charge on any atom is -0.368 e. The standard InChI is InChI=1S/C9H8N6O/c10-9-13-2-1-7(15-9)8(16)14-6-3-11-5-12-4-6/h1-5H,(H,14,16)(H2,10,13,15). The van der Waals surface area contributed by atoms with Crippen molar-refractivity contribution in [3.05, 3.63) is 36.7 Å². The van der Waals surface area contributed by atoms with Crippen LogP contribution in [0.3, 0.4) is 0 Å². The van der Waals surface area contributed by atoms with E-state index in [4.69, 9.17) is 5.73 Å². The van der Waals surface area contributed by atoms with E-state index in [0.29, 0.717) is 5.69 Å². The highest BCUT2D eigenvalue weighted by atomic mass is 16.1. The molecule has 0 saturated heterocycles. The van der Waals surface area contributed by atoms with Crippen LogP contribution in [0.1, 0.15) is 10.5 Å². The number of hydrogen-bond donors (Lipinski definition) is 2. The first kappa shape index (κ1) is 9.97. The predicted molar refractivity (Wildman–Crippen MR) is 56.4 cm³/mol. The molecule has 0 unspecified atom stereocenters. The SMILES string of the molecule is Nc1nccc(C(=O)Nc2cncnc2)n1. The van der Waals surface area contributed by atoms with E-state index in [2.05, 4.69) is 25.3 Å². The second-order valence-corrected chi connectivity index (χ2v) is 2.88. The average Bonchev–Trinajstić information content (AvgIpc) is 2.30. The van der Waals surface area contributed by atoms with Gasteiger partial charge in [0.05, 0.1) is 18.1 Å². The van der Waals surface area contributed by atoms with Crippen molar-refractivity contribution in [2.24, 2.45) is 0 Å². The highest BCUT2D eigenvalue weighted by molar-refractivity contribution is 6.02. The molecular weight excluding hydrogens is 208 g/mol. The van der Waals surface area contributed by atoms with E-state index in [1.165, 1.54) is 31.0 Å². The molecule has 0 radical (unpaired) electrons. The molecule has 2 heterocycles. The van der Waals surface area contributed by atoms with Gasteiger partial charge < -0.3 is 11.1 Å². The Morgan fingerprint density at radius 2 is 2.06 bits per heavy atom. The molecule has 2 aromatic heterocycles. The van der Waals surface area contributed by atoms with Crippen molar-refractivity contribution >= 4 is 17.5 Å². The lowest BCUT2D eigenvalue weighted by Crippen LogP contribution is -2.15. The smallest absolute Gasteiger partial charge is 0.274 e. The van der Waals surface area contributed by atoms with E-state index in [1.807, 2.05) is 0 Å². The van der Waals surface area contributed by atoms with Crippen LogP contribution in [0.25, 0.3) is 0 Å². The molecule has 0 spiro atoms. The molecule has 0 saturated carbocycles. The first-order valence-electron chi connectivity index (χ1n) is 4.40. The summed E-state index contributed by atoms with van der Waals surface area (Å²) in [6, 6.07) is 1.47. The highest BCUT2D eigenvalue weighted by Crippen LogP contribution is 2.04. The summed E-state index contributed by atoms with van der Waals surface area (Å²) in [5, 5.41) is 2.58. The zero-order chi connectivity index (χ0) is 11.4. The Balaban J connectivity index is 2.15. The number of carbonyl (C=O) groups is 1. The van der Waals surface area contributed by atoms with Crippen molar-refractivity contribution in [2.45, 2.75) is 0 Å². The minimum atomic E-state index is -0.385. The number of nitrogen functional groups attached to an aromatic ring is 1. The summed E-state index contributed by atoms with van der Waals surface area (Å²) in [4.78, 5) is 26.7. The fourth-order valence-corrected chi connectivity index (χ4v) is 1.06. The second-order valence-electron chi connectivity index (χ2n) is 2.88. The van der Waals surface area contributed by atoms with Crippen molar-refractivity contribution in [1.82, 2.24) is 19.9 Å². The van der Waals surface area contributed by atoms with Crippen molar-refractivity contribution in [1.29, 1.82) is 0 Å². The zero-order valence-corrected chi connectivity index (χ0v) is 8.16. The van der Waals surface area contributed by atoms with Gasteiger partial charge in [-0.05, 0) is 6.07 Å².